The number of aliphatic hydroxyl groups excluding tert-OH is 1. The Hall–Kier alpha value is -0.990. The second-order valence-corrected chi connectivity index (χ2v) is 9.98. The summed E-state index contributed by atoms with van der Waals surface area (Å²) in [5, 5.41) is 9.96. The lowest BCUT2D eigenvalue weighted by atomic mass is 10.2. The van der Waals surface area contributed by atoms with Crippen molar-refractivity contribution in [3.63, 3.8) is 0 Å². The van der Waals surface area contributed by atoms with E-state index in [9.17, 15) is 43.2 Å². The Morgan fingerprint density at radius 1 is 1.28 bits per heavy atom. The van der Waals surface area contributed by atoms with E-state index in [2.05, 4.69) is 18.1 Å². The lowest BCUT2D eigenvalue weighted by molar-refractivity contribution is -0.339. The Bertz CT molecular complexity index is 960. The number of aryl methyl sites for hydroxylation is 1. The van der Waals surface area contributed by atoms with Crippen molar-refractivity contribution in [1.82, 2.24) is 9.55 Å². The Kier molecular flexibility index (Phi) is 7.23. The number of aromatic nitrogens is 2. The molecule has 0 amide bonds. The predicted octanol–water partition coefficient (Wildman–Crippen LogP) is -3.40. The molecule has 1 aliphatic heterocycles. The summed E-state index contributed by atoms with van der Waals surface area (Å²) in [7, 11) is -17.9. The first-order valence-corrected chi connectivity index (χ1v) is 11.9. The van der Waals surface area contributed by atoms with Crippen LogP contribution in [0.15, 0.2) is 11.0 Å². The molecule has 0 spiro atoms. The molecule has 1 aliphatic rings. The van der Waals surface area contributed by atoms with Gasteiger partial charge in [0.05, 0.1) is 20.5 Å². The molecular weight excluding hydrogens is 463 g/mol. The van der Waals surface area contributed by atoms with Crippen molar-refractivity contribution in [2.75, 3.05) is 12.3 Å². The van der Waals surface area contributed by atoms with Crippen LogP contribution in [0.2, 0.25) is 0 Å². The van der Waals surface area contributed by atoms with Crippen molar-refractivity contribution in [1.29, 1.82) is 0 Å². The van der Waals surface area contributed by atoms with Crippen LogP contribution in [-0.2, 0) is 31.6 Å². The van der Waals surface area contributed by atoms with Crippen molar-refractivity contribution in [2.45, 2.75) is 31.8 Å². The molecule has 19 heteroatoms. The number of phosphoric ester groups is 1. The third-order valence-corrected chi connectivity index (χ3v) is 7.15. The van der Waals surface area contributed by atoms with Gasteiger partial charge in [0.1, 0.15) is 18.1 Å². The molecular formula is C10H14N3O13P3-4. The zero-order chi connectivity index (χ0) is 22.2. The van der Waals surface area contributed by atoms with Crippen molar-refractivity contribution in [3.8, 4) is 0 Å². The topological polar surface area (TPSA) is 262 Å². The second kappa shape index (κ2) is 8.63. The molecule has 2 rings (SSSR count). The van der Waals surface area contributed by atoms with Crippen LogP contribution >= 0.6 is 23.5 Å². The van der Waals surface area contributed by atoms with E-state index in [4.69, 9.17) is 10.5 Å². The maximum atomic E-state index is 11.9. The summed E-state index contributed by atoms with van der Waals surface area (Å²) >= 11 is 0. The number of phosphoric acid groups is 3. The smallest absolute Gasteiger partial charge is 0.351 e. The zero-order valence-electron chi connectivity index (χ0n) is 14.4. The molecule has 1 saturated heterocycles. The lowest BCUT2D eigenvalue weighted by Crippen LogP contribution is -2.29. The van der Waals surface area contributed by atoms with Gasteiger partial charge < -0.3 is 44.2 Å². The number of ether oxygens (including phenoxy) is 1. The third-order valence-electron chi connectivity index (χ3n) is 3.49. The summed E-state index contributed by atoms with van der Waals surface area (Å²) in [6, 6.07) is 0. The molecule has 166 valence electrons. The summed E-state index contributed by atoms with van der Waals surface area (Å²) in [5.41, 5.74) is 5.13. The van der Waals surface area contributed by atoms with Crippen LogP contribution in [0.1, 0.15) is 18.2 Å². The molecule has 2 heterocycles. The van der Waals surface area contributed by atoms with Crippen LogP contribution in [0, 0.1) is 6.92 Å². The molecule has 2 unspecified atom stereocenters. The number of aliphatic hydroxyl groups is 1. The third kappa shape index (κ3) is 7.03. The number of nitrogens with zero attached hydrogens (tertiary/aromatic N) is 2. The summed E-state index contributed by atoms with van der Waals surface area (Å²) in [6.07, 6.45) is -2.63. The standard InChI is InChI=1S/C10H18N3O13P3/c1-5-3-13(10(15)12-9(5)11)8-2-6(14)7(24-8)4-23-28(19,20)26-29(21,22)25-27(16,17)18/h3,6-8,14H,2,4H2,1H3,(H,19,20)(H,21,22)(H2,11,12,15)(H2,16,17,18)/p-4/t6-,7+,8+/m0/s1. The molecule has 0 saturated carbocycles. The predicted molar refractivity (Wildman–Crippen MR) is 83.1 cm³/mol. The first-order valence-electron chi connectivity index (χ1n) is 7.49. The molecule has 29 heavy (non-hydrogen) atoms. The summed E-state index contributed by atoms with van der Waals surface area (Å²) < 4.78 is 49.8. The number of hydrogen-bond acceptors (Lipinski definition) is 15. The minimum atomic E-state index is -6.11. The molecule has 0 bridgehead atoms. The fourth-order valence-corrected chi connectivity index (χ4v) is 5.13. The number of rotatable bonds is 8. The van der Waals surface area contributed by atoms with Gasteiger partial charge in [0.25, 0.3) is 15.6 Å². The Morgan fingerprint density at radius 3 is 2.48 bits per heavy atom. The molecule has 1 fully saturated rings. The maximum absolute atomic E-state index is 11.9. The minimum absolute atomic E-state index is 0.0147. The highest BCUT2D eigenvalue weighted by molar-refractivity contribution is 7.64. The lowest BCUT2D eigenvalue weighted by Gasteiger charge is -2.37. The van der Waals surface area contributed by atoms with E-state index in [1.54, 1.807) is 6.92 Å². The molecule has 5 atom stereocenters. The average Bonchev–Trinajstić information content (AvgIpc) is 2.86. The van der Waals surface area contributed by atoms with Gasteiger partial charge in [0.15, 0.2) is 0 Å². The average molecular weight is 477 g/mol. The van der Waals surface area contributed by atoms with E-state index in [1.807, 2.05) is 0 Å². The SMILES string of the molecule is Cc1cn([C@H]2C[C@H](O)[C@@H](COP(=O)([O-])OP(=O)([O-])OP(=O)([O-])[O-])O2)c(=O)nc1N. The molecule has 1 aromatic rings. The summed E-state index contributed by atoms with van der Waals surface area (Å²) in [4.78, 5) is 58.5. The molecule has 1 aromatic heterocycles. The van der Waals surface area contributed by atoms with E-state index >= 15 is 0 Å². The Morgan fingerprint density at radius 2 is 1.90 bits per heavy atom. The Balaban J connectivity index is 2.02. The summed E-state index contributed by atoms with van der Waals surface area (Å²) in [6.45, 7) is 0.586. The van der Waals surface area contributed by atoms with Crippen LogP contribution in [0.4, 0.5) is 5.82 Å². The van der Waals surface area contributed by atoms with Gasteiger partial charge in [0, 0.05) is 18.2 Å². The fraction of sp³-hybridized carbons (Fsp3) is 0.600. The highest BCUT2D eigenvalue weighted by Crippen LogP contribution is 2.60. The van der Waals surface area contributed by atoms with Gasteiger partial charge in [-0.2, -0.15) is 4.98 Å². The van der Waals surface area contributed by atoms with Crippen molar-refractivity contribution < 1.29 is 56.3 Å². The first kappa shape index (κ1) is 24.3. The van der Waals surface area contributed by atoms with E-state index in [0.29, 0.717) is 5.56 Å². The van der Waals surface area contributed by atoms with Gasteiger partial charge in [-0.05, 0) is 6.92 Å². The van der Waals surface area contributed by atoms with E-state index < -0.39 is 54.2 Å². The molecule has 3 N–H and O–H groups in total. The minimum Gasteiger partial charge on any atom is -0.790 e. The van der Waals surface area contributed by atoms with E-state index in [0.717, 1.165) is 4.57 Å². The first-order chi connectivity index (χ1) is 13.1. The van der Waals surface area contributed by atoms with Crippen LogP contribution in [0.25, 0.3) is 0 Å². The monoisotopic (exact) mass is 477 g/mol. The van der Waals surface area contributed by atoms with Gasteiger partial charge in [0.2, 0.25) is 0 Å². The maximum Gasteiger partial charge on any atom is 0.351 e. The van der Waals surface area contributed by atoms with Gasteiger partial charge in [-0.1, -0.05) is 0 Å². The van der Waals surface area contributed by atoms with E-state index in [1.165, 1.54) is 6.20 Å². The van der Waals surface area contributed by atoms with Crippen molar-refractivity contribution in [3.05, 3.63) is 22.2 Å². The fourth-order valence-electron chi connectivity index (χ4n) is 2.27. The highest BCUT2D eigenvalue weighted by Gasteiger charge is 2.37. The number of nitrogens with two attached hydrogens (primary N) is 1. The quantitative estimate of drug-likeness (QED) is 0.346. The molecule has 0 aromatic carbocycles. The largest absolute Gasteiger partial charge is 0.790 e. The normalized spacial score (nSPS) is 26.8. The van der Waals surface area contributed by atoms with Crippen LogP contribution in [-0.4, -0.2) is 33.5 Å². The summed E-state index contributed by atoms with van der Waals surface area (Å²) in [5.74, 6) is -0.0147. The Labute approximate surface area is 162 Å². The van der Waals surface area contributed by atoms with Crippen molar-refractivity contribution >= 4 is 29.3 Å². The number of nitrogen functional groups attached to an aromatic ring is 1. The van der Waals surface area contributed by atoms with Gasteiger partial charge >= 0.3 is 5.69 Å². The molecule has 16 nitrogen and oxygen atoms in total. The number of hydrogen-bond donors (Lipinski definition) is 2. The molecule has 0 aliphatic carbocycles. The number of anilines is 1. The van der Waals surface area contributed by atoms with Gasteiger partial charge in [-0.25, -0.2) is 9.11 Å². The van der Waals surface area contributed by atoms with Crippen LogP contribution in [0.5, 0.6) is 0 Å². The van der Waals surface area contributed by atoms with E-state index in [-0.39, 0.29) is 12.2 Å². The second-order valence-electron chi connectivity index (χ2n) is 5.73. The van der Waals surface area contributed by atoms with Gasteiger partial charge in [-0.15, -0.1) is 0 Å². The van der Waals surface area contributed by atoms with Gasteiger partial charge in [-0.3, -0.25) is 18.0 Å². The highest BCUT2D eigenvalue weighted by atomic mass is 31.3. The van der Waals surface area contributed by atoms with Crippen molar-refractivity contribution in [2.24, 2.45) is 0 Å². The molecule has 0 radical (unpaired) electrons. The van der Waals surface area contributed by atoms with Crippen LogP contribution < -0.4 is 31.0 Å². The van der Waals surface area contributed by atoms with Crippen LogP contribution in [0.3, 0.4) is 0 Å². The zero-order valence-corrected chi connectivity index (χ0v) is 17.1.